The Balaban J connectivity index is 1.74. The van der Waals surface area contributed by atoms with E-state index in [1.54, 1.807) is 24.3 Å². The zero-order valence-corrected chi connectivity index (χ0v) is 24.7. The first-order valence-corrected chi connectivity index (χ1v) is 15.9. The van der Waals surface area contributed by atoms with Gasteiger partial charge in [-0.25, -0.2) is 0 Å². The highest BCUT2D eigenvalue weighted by Gasteiger charge is 2.33. The molecule has 0 aromatic heterocycles. The molecule has 2 heterocycles. The van der Waals surface area contributed by atoms with E-state index in [0.29, 0.717) is 69.4 Å². The molecule has 2 aliphatic heterocycles. The number of morpholine rings is 2. The van der Waals surface area contributed by atoms with Crippen molar-refractivity contribution in [2.75, 3.05) is 67.3 Å². The Bertz CT molecular complexity index is 1610. The molecule has 0 bridgehead atoms. The van der Waals surface area contributed by atoms with E-state index in [1.165, 1.54) is 0 Å². The lowest BCUT2D eigenvalue weighted by Gasteiger charge is -2.39. The van der Waals surface area contributed by atoms with Crippen LogP contribution in [0.4, 0.5) is 22.7 Å². The van der Waals surface area contributed by atoms with Crippen molar-refractivity contribution in [2.24, 2.45) is 0 Å². The van der Waals surface area contributed by atoms with Gasteiger partial charge >= 0.3 is 0 Å². The fourth-order valence-electron chi connectivity index (χ4n) is 5.80. The van der Waals surface area contributed by atoms with Crippen molar-refractivity contribution in [1.82, 2.24) is 0 Å². The lowest BCUT2D eigenvalue weighted by molar-refractivity contribution is 0.121. The second-order valence-electron chi connectivity index (χ2n) is 10.4. The quantitative estimate of drug-likeness (QED) is 0.198. The Morgan fingerprint density at radius 3 is 1.63 bits per heavy atom. The summed E-state index contributed by atoms with van der Waals surface area (Å²) in [6, 6.07) is 34.1. The minimum atomic E-state index is -4.75. The summed E-state index contributed by atoms with van der Waals surface area (Å²) in [4.78, 5) is 6.32. The van der Waals surface area contributed by atoms with E-state index in [9.17, 15) is 13.0 Å². The third-order valence-corrected chi connectivity index (χ3v) is 8.66. The summed E-state index contributed by atoms with van der Waals surface area (Å²) >= 11 is 0. The number of benzene rings is 4. The zero-order chi connectivity index (χ0) is 29.6. The van der Waals surface area contributed by atoms with Crippen molar-refractivity contribution in [3.05, 3.63) is 120 Å². The molecule has 0 aliphatic carbocycles. The number of hydrogen-bond donors (Lipinski definition) is 1. The van der Waals surface area contributed by atoms with Crippen LogP contribution >= 0.6 is 0 Å². The number of rotatable bonds is 8. The molecule has 0 radical (unpaired) electrons. The molecule has 6 rings (SSSR count). The summed E-state index contributed by atoms with van der Waals surface area (Å²) in [5.74, 6) is 0. The minimum Gasteiger partial charge on any atom is -0.378 e. The first kappa shape index (κ1) is 28.9. The molecule has 0 unspecified atom stereocenters. The topological polar surface area (TPSA) is 82.5 Å². The van der Waals surface area contributed by atoms with Crippen molar-refractivity contribution >= 4 is 43.5 Å². The maximum Gasteiger partial charge on any atom is 0.297 e. The maximum absolute atomic E-state index is 13.6. The number of nitrogens with zero attached hydrogens (tertiary/aromatic N) is 3. The summed E-state index contributed by atoms with van der Waals surface area (Å²) in [5.41, 5.74) is 4.84. The molecule has 9 heteroatoms. The average molecular weight is 598 g/mol. The summed E-state index contributed by atoms with van der Waals surface area (Å²) < 4.78 is 49.7. The molecule has 2 aliphatic rings. The van der Waals surface area contributed by atoms with Crippen molar-refractivity contribution in [1.29, 1.82) is 0 Å². The molecular formula is C34H35N3O5S. The smallest absolute Gasteiger partial charge is 0.297 e. The van der Waals surface area contributed by atoms with Gasteiger partial charge < -0.3 is 24.2 Å². The third kappa shape index (κ3) is 6.30. The summed E-state index contributed by atoms with van der Waals surface area (Å²) in [5, 5.41) is 0. The van der Waals surface area contributed by atoms with Crippen LogP contribution in [0.1, 0.15) is 11.1 Å². The third-order valence-electron chi connectivity index (χ3n) is 7.71. The lowest BCUT2D eigenvalue weighted by Crippen LogP contribution is -2.41. The van der Waals surface area contributed by atoms with Crippen LogP contribution in [0.5, 0.6) is 0 Å². The molecule has 4 aromatic carbocycles. The first-order chi connectivity index (χ1) is 21.0. The van der Waals surface area contributed by atoms with Crippen LogP contribution in [0, 0.1) is 0 Å². The molecular weight excluding hydrogens is 562 g/mol. The normalized spacial score (nSPS) is 16.5. The lowest BCUT2D eigenvalue weighted by atomic mass is 10.00. The molecule has 0 amide bonds. The fourth-order valence-corrected chi connectivity index (χ4v) is 6.68. The largest absolute Gasteiger partial charge is 0.378 e. The first-order valence-electron chi connectivity index (χ1n) is 14.5. The van der Waals surface area contributed by atoms with Gasteiger partial charge in [-0.1, -0.05) is 78.9 Å². The maximum atomic E-state index is 13.6. The Labute approximate surface area is 253 Å². The van der Waals surface area contributed by atoms with Crippen molar-refractivity contribution < 1.29 is 22.4 Å². The van der Waals surface area contributed by atoms with E-state index in [1.807, 2.05) is 83.8 Å². The molecule has 0 spiro atoms. The van der Waals surface area contributed by atoms with Gasteiger partial charge in [0.25, 0.3) is 10.1 Å². The van der Waals surface area contributed by atoms with Gasteiger partial charge in [0, 0.05) is 43.1 Å². The van der Waals surface area contributed by atoms with Crippen LogP contribution in [0.2, 0.25) is 0 Å². The van der Waals surface area contributed by atoms with Gasteiger partial charge in [0.15, 0.2) is 0 Å². The van der Waals surface area contributed by atoms with Crippen LogP contribution in [0.15, 0.2) is 109 Å². The second kappa shape index (κ2) is 13.0. The van der Waals surface area contributed by atoms with E-state index in [2.05, 4.69) is 15.9 Å². The SMILES string of the molecule is O=S(=O)(O)C(=C(c1cccc(N2CCOCC2)c1N1CCOCC1)N(c1ccccc1)c1ccccc1)c1ccccc1. The van der Waals surface area contributed by atoms with Crippen LogP contribution in [0.25, 0.3) is 10.6 Å². The van der Waals surface area contributed by atoms with Gasteiger partial charge in [-0.15, -0.1) is 0 Å². The van der Waals surface area contributed by atoms with Gasteiger partial charge in [-0.05, 0) is 35.9 Å². The van der Waals surface area contributed by atoms with E-state index in [4.69, 9.17) is 9.47 Å². The molecule has 1 N–H and O–H groups in total. The van der Waals surface area contributed by atoms with Gasteiger partial charge in [-0.3, -0.25) is 4.55 Å². The minimum absolute atomic E-state index is 0.172. The number of ether oxygens (including phenoxy) is 2. The van der Waals surface area contributed by atoms with Crippen molar-refractivity contribution in [3.63, 3.8) is 0 Å². The zero-order valence-electron chi connectivity index (χ0n) is 23.9. The Hall–Kier alpha value is -4.15. The van der Waals surface area contributed by atoms with E-state index >= 15 is 0 Å². The predicted molar refractivity (Wildman–Crippen MR) is 172 cm³/mol. The Kier molecular flexibility index (Phi) is 8.76. The van der Waals surface area contributed by atoms with Crippen LogP contribution in [-0.2, 0) is 19.6 Å². The van der Waals surface area contributed by atoms with Gasteiger partial charge in [0.2, 0.25) is 0 Å². The van der Waals surface area contributed by atoms with Crippen molar-refractivity contribution in [2.45, 2.75) is 0 Å². The fraction of sp³-hybridized carbons (Fsp3) is 0.235. The van der Waals surface area contributed by atoms with E-state index in [-0.39, 0.29) is 4.91 Å². The van der Waals surface area contributed by atoms with Gasteiger partial charge in [0.05, 0.1) is 43.5 Å². The van der Waals surface area contributed by atoms with Gasteiger partial charge in [0.1, 0.15) is 4.91 Å². The van der Waals surface area contributed by atoms with E-state index < -0.39 is 10.1 Å². The molecule has 4 aromatic rings. The Morgan fingerprint density at radius 1 is 0.628 bits per heavy atom. The molecule has 8 nitrogen and oxygen atoms in total. The van der Waals surface area contributed by atoms with Crippen LogP contribution in [-0.4, -0.2) is 65.6 Å². The molecule has 0 saturated carbocycles. The summed E-state index contributed by atoms with van der Waals surface area (Å²) in [6.45, 7) is 5.04. The standard InChI is InChI=1S/C34H35N3O5S/c38-43(39,40)34(27-11-4-1-5-12-27)33(37(28-13-6-2-7-14-28)29-15-8-3-9-16-29)30-17-10-18-31(35-19-23-41-24-20-35)32(30)36-21-25-42-26-22-36/h1-18H,19-26H2,(H,38,39,40). The van der Waals surface area contributed by atoms with Gasteiger partial charge in [-0.2, -0.15) is 8.42 Å². The summed E-state index contributed by atoms with van der Waals surface area (Å²) in [6.07, 6.45) is 0. The number of hydrogen-bond acceptors (Lipinski definition) is 7. The van der Waals surface area contributed by atoms with Crippen LogP contribution < -0.4 is 14.7 Å². The second-order valence-corrected chi connectivity index (χ2v) is 11.8. The average Bonchev–Trinajstić information content (AvgIpc) is 3.06. The highest BCUT2D eigenvalue weighted by Crippen LogP contribution is 2.46. The Morgan fingerprint density at radius 2 is 1.12 bits per heavy atom. The molecule has 43 heavy (non-hydrogen) atoms. The number of anilines is 4. The molecule has 2 saturated heterocycles. The molecule has 222 valence electrons. The highest BCUT2D eigenvalue weighted by molar-refractivity contribution is 7.95. The van der Waals surface area contributed by atoms with Crippen LogP contribution in [0.3, 0.4) is 0 Å². The predicted octanol–water partition coefficient (Wildman–Crippen LogP) is 5.91. The molecule has 0 atom stereocenters. The summed E-state index contributed by atoms with van der Waals surface area (Å²) in [7, 11) is -4.75. The highest BCUT2D eigenvalue weighted by atomic mass is 32.2. The number of para-hydroxylation sites is 3. The monoisotopic (exact) mass is 597 g/mol. The van der Waals surface area contributed by atoms with E-state index in [0.717, 1.165) is 22.7 Å². The van der Waals surface area contributed by atoms with Crippen molar-refractivity contribution in [3.8, 4) is 0 Å². The molecule has 2 fully saturated rings.